The van der Waals surface area contributed by atoms with Crippen LogP contribution in [0.4, 0.5) is 5.69 Å². The first-order valence-corrected chi connectivity index (χ1v) is 6.46. The Morgan fingerprint density at radius 3 is 3.00 bits per heavy atom. The van der Waals surface area contributed by atoms with Crippen LogP contribution in [0, 0.1) is 0 Å². The van der Waals surface area contributed by atoms with E-state index in [-0.39, 0.29) is 5.91 Å². The van der Waals surface area contributed by atoms with Gasteiger partial charge in [-0.3, -0.25) is 4.79 Å². The molecule has 2 rings (SSSR count). The molecule has 0 bridgehead atoms. The third-order valence-corrected chi connectivity index (χ3v) is 3.49. The van der Waals surface area contributed by atoms with Gasteiger partial charge in [0.2, 0.25) is 5.91 Å². The van der Waals surface area contributed by atoms with Gasteiger partial charge in [0.1, 0.15) is 11.3 Å². The fourth-order valence-electron chi connectivity index (χ4n) is 2.36. The second-order valence-electron chi connectivity index (χ2n) is 4.77. The van der Waals surface area contributed by atoms with Crippen molar-refractivity contribution in [1.29, 1.82) is 0 Å². The largest absolute Gasteiger partial charge is 0.497 e. The van der Waals surface area contributed by atoms with Gasteiger partial charge in [-0.05, 0) is 25.0 Å². The quantitative estimate of drug-likeness (QED) is 0.865. The Morgan fingerprint density at radius 2 is 2.26 bits per heavy atom. The molecule has 1 unspecified atom stereocenters. The van der Waals surface area contributed by atoms with Crippen molar-refractivity contribution in [2.45, 2.75) is 24.8 Å². The van der Waals surface area contributed by atoms with Crippen molar-refractivity contribution in [3.8, 4) is 5.75 Å². The molecular weight excluding hydrogens is 244 g/mol. The predicted molar refractivity (Wildman–Crippen MR) is 73.2 cm³/mol. The van der Waals surface area contributed by atoms with Crippen LogP contribution < -0.4 is 15.8 Å². The Labute approximate surface area is 113 Å². The highest BCUT2D eigenvalue weighted by Crippen LogP contribution is 2.28. The zero-order valence-electron chi connectivity index (χ0n) is 11.1. The lowest BCUT2D eigenvalue weighted by molar-refractivity contribution is -0.122. The van der Waals surface area contributed by atoms with Crippen LogP contribution in [0.2, 0.25) is 0 Å². The first-order valence-electron chi connectivity index (χ1n) is 6.46. The summed E-state index contributed by atoms with van der Waals surface area (Å²) in [6.45, 7) is 1.22. The Hall–Kier alpha value is -1.75. The summed E-state index contributed by atoms with van der Waals surface area (Å²) in [4.78, 5) is 11.9. The minimum atomic E-state index is -0.733. The number of amides is 1. The highest BCUT2D eigenvalue weighted by atomic mass is 16.5. The van der Waals surface area contributed by atoms with Crippen molar-refractivity contribution in [2.75, 3.05) is 25.6 Å². The van der Waals surface area contributed by atoms with Crippen molar-refractivity contribution in [2.24, 2.45) is 5.73 Å². The number of benzene rings is 1. The van der Waals surface area contributed by atoms with Crippen LogP contribution in [0.1, 0.15) is 19.3 Å². The zero-order chi connectivity index (χ0) is 13.7. The summed E-state index contributed by atoms with van der Waals surface area (Å²) in [5.74, 6) is 0.412. The second kappa shape index (κ2) is 5.93. The van der Waals surface area contributed by atoms with E-state index in [0.29, 0.717) is 26.1 Å². The fraction of sp³-hybridized carbons (Fsp3) is 0.500. The van der Waals surface area contributed by atoms with Gasteiger partial charge in [-0.2, -0.15) is 0 Å². The van der Waals surface area contributed by atoms with Crippen LogP contribution in [0.3, 0.4) is 0 Å². The van der Waals surface area contributed by atoms with E-state index in [2.05, 4.69) is 5.32 Å². The Morgan fingerprint density at radius 1 is 1.42 bits per heavy atom. The maximum Gasteiger partial charge on any atom is 0.243 e. The Kier molecular flexibility index (Phi) is 4.27. The molecule has 5 heteroatoms. The molecule has 1 aliphatic rings. The molecule has 0 saturated carbocycles. The summed E-state index contributed by atoms with van der Waals surface area (Å²) in [5.41, 5.74) is 5.70. The lowest BCUT2D eigenvalue weighted by atomic mass is 9.89. The summed E-state index contributed by atoms with van der Waals surface area (Å²) in [6, 6.07) is 7.50. The third-order valence-electron chi connectivity index (χ3n) is 3.49. The maximum absolute atomic E-state index is 11.9. The van der Waals surface area contributed by atoms with E-state index in [1.165, 1.54) is 0 Å². The summed E-state index contributed by atoms with van der Waals surface area (Å²) < 4.78 is 10.6. The molecule has 1 aromatic rings. The fourth-order valence-corrected chi connectivity index (χ4v) is 2.36. The standard InChI is InChI=1S/C14H20N2O3/c1-18-12-5-2-4-11(10-12)16-14(13(15)17)6-3-8-19-9-7-14/h2,4-5,10,16H,3,6-9H2,1H3,(H2,15,17). The molecule has 1 saturated heterocycles. The van der Waals surface area contributed by atoms with Crippen LogP contribution in [0.15, 0.2) is 24.3 Å². The topological polar surface area (TPSA) is 73.6 Å². The number of nitrogens with one attached hydrogen (secondary N) is 1. The van der Waals surface area contributed by atoms with Crippen molar-refractivity contribution in [1.82, 2.24) is 0 Å². The molecule has 0 spiro atoms. The highest BCUT2D eigenvalue weighted by molar-refractivity contribution is 5.88. The lowest BCUT2D eigenvalue weighted by Crippen LogP contribution is -2.50. The van der Waals surface area contributed by atoms with Gasteiger partial charge in [0.05, 0.1) is 7.11 Å². The van der Waals surface area contributed by atoms with E-state index in [4.69, 9.17) is 15.2 Å². The van der Waals surface area contributed by atoms with Crippen molar-refractivity contribution < 1.29 is 14.3 Å². The molecule has 1 aliphatic heterocycles. The number of ether oxygens (including phenoxy) is 2. The smallest absolute Gasteiger partial charge is 0.243 e. The summed E-state index contributed by atoms with van der Waals surface area (Å²) >= 11 is 0. The van der Waals surface area contributed by atoms with E-state index in [1.807, 2.05) is 24.3 Å². The van der Waals surface area contributed by atoms with E-state index in [9.17, 15) is 4.79 Å². The van der Waals surface area contributed by atoms with Crippen LogP contribution in [-0.4, -0.2) is 31.8 Å². The maximum atomic E-state index is 11.9. The van der Waals surface area contributed by atoms with Gasteiger partial charge in [0.25, 0.3) is 0 Å². The number of anilines is 1. The minimum Gasteiger partial charge on any atom is -0.497 e. The second-order valence-corrected chi connectivity index (χ2v) is 4.77. The number of rotatable bonds is 4. The number of hydrogen-bond donors (Lipinski definition) is 2. The van der Waals surface area contributed by atoms with Gasteiger partial charge >= 0.3 is 0 Å². The summed E-state index contributed by atoms with van der Waals surface area (Å²) in [5, 5.41) is 3.27. The summed E-state index contributed by atoms with van der Waals surface area (Å²) in [6.07, 6.45) is 2.08. The first kappa shape index (κ1) is 13.7. The first-order chi connectivity index (χ1) is 9.16. The molecular formula is C14H20N2O3. The van der Waals surface area contributed by atoms with Crippen molar-refractivity contribution >= 4 is 11.6 Å². The van der Waals surface area contributed by atoms with Crippen molar-refractivity contribution in [3.63, 3.8) is 0 Å². The number of hydrogen-bond acceptors (Lipinski definition) is 4. The van der Waals surface area contributed by atoms with Crippen LogP contribution in [0.5, 0.6) is 5.75 Å². The molecule has 5 nitrogen and oxygen atoms in total. The van der Waals surface area contributed by atoms with Crippen molar-refractivity contribution in [3.05, 3.63) is 24.3 Å². The molecule has 104 valence electrons. The molecule has 0 aliphatic carbocycles. The molecule has 19 heavy (non-hydrogen) atoms. The number of nitrogens with two attached hydrogens (primary N) is 1. The summed E-state index contributed by atoms with van der Waals surface area (Å²) in [7, 11) is 1.61. The van der Waals surface area contributed by atoms with Crippen LogP contribution in [-0.2, 0) is 9.53 Å². The molecule has 0 aromatic heterocycles. The number of methoxy groups -OCH3 is 1. The van der Waals surface area contributed by atoms with Gasteiger partial charge < -0.3 is 20.5 Å². The predicted octanol–water partition coefficient (Wildman–Crippen LogP) is 1.53. The Bertz CT molecular complexity index is 440. The normalized spacial score (nSPS) is 23.4. The molecule has 0 radical (unpaired) electrons. The Balaban J connectivity index is 2.21. The number of carbonyl (C=O) groups excluding carboxylic acids is 1. The molecule has 1 amide bonds. The van der Waals surface area contributed by atoms with Gasteiger partial charge in [-0.15, -0.1) is 0 Å². The van der Waals surface area contributed by atoms with Crippen LogP contribution >= 0.6 is 0 Å². The van der Waals surface area contributed by atoms with E-state index >= 15 is 0 Å². The van der Waals surface area contributed by atoms with E-state index in [0.717, 1.165) is 17.9 Å². The highest BCUT2D eigenvalue weighted by Gasteiger charge is 2.37. The van der Waals surface area contributed by atoms with E-state index in [1.54, 1.807) is 7.11 Å². The molecule has 1 fully saturated rings. The van der Waals surface area contributed by atoms with Crippen LogP contribution in [0.25, 0.3) is 0 Å². The van der Waals surface area contributed by atoms with Gasteiger partial charge in [0.15, 0.2) is 0 Å². The van der Waals surface area contributed by atoms with E-state index < -0.39 is 5.54 Å². The van der Waals surface area contributed by atoms with Gasteiger partial charge in [-0.1, -0.05) is 6.07 Å². The monoisotopic (exact) mass is 264 g/mol. The molecule has 1 heterocycles. The number of carbonyl (C=O) groups is 1. The zero-order valence-corrected chi connectivity index (χ0v) is 11.1. The van der Waals surface area contributed by atoms with Gasteiger partial charge in [0, 0.05) is 31.4 Å². The van der Waals surface area contributed by atoms with Gasteiger partial charge in [-0.25, -0.2) is 0 Å². The average Bonchev–Trinajstić information content (AvgIpc) is 2.65. The molecule has 1 aromatic carbocycles. The lowest BCUT2D eigenvalue weighted by Gasteiger charge is -2.31. The average molecular weight is 264 g/mol. The SMILES string of the molecule is COc1cccc(NC2(C(N)=O)CCCOCC2)c1. The molecule has 3 N–H and O–H groups in total. The third kappa shape index (κ3) is 3.17. The number of primary amides is 1. The molecule has 1 atom stereocenters. The minimum absolute atomic E-state index is 0.333.